The van der Waals surface area contributed by atoms with Crippen molar-refractivity contribution in [3.8, 4) is 0 Å². The maximum atomic E-state index is 9.85. The van der Waals surface area contributed by atoms with Crippen molar-refractivity contribution in [3.63, 3.8) is 0 Å². The molecule has 1 rings (SSSR count). The Balaban J connectivity index is 2.03. The summed E-state index contributed by atoms with van der Waals surface area (Å²) in [4.78, 5) is 0. The highest BCUT2D eigenvalue weighted by atomic mass is 16.5. The lowest BCUT2D eigenvalue weighted by Crippen LogP contribution is -2.37. The molecule has 1 saturated carbocycles. The molecule has 0 aromatic heterocycles. The van der Waals surface area contributed by atoms with Crippen LogP contribution in [0.2, 0.25) is 0 Å². The molecular formula is C15H31NO3. The summed E-state index contributed by atoms with van der Waals surface area (Å²) in [6, 6.07) is 0. The van der Waals surface area contributed by atoms with E-state index in [0.717, 1.165) is 32.2 Å². The van der Waals surface area contributed by atoms with E-state index in [2.05, 4.69) is 19.2 Å². The Morgan fingerprint density at radius 2 is 2.00 bits per heavy atom. The van der Waals surface area contributed by atoms with Gasteiger partial charge in [-0.1, -0.05) is 26.7 Å². The van der Waals surface area contributed by atoms with Crippen molar-refractivity contribution in [2.45, 2.75) is 64.6 Å². The summed E-state index contributed by atoms with van der Waals surface area (Å²) in [5.41, 5.74) is 0.161. The minimum atomic E-state index is -0.422. The molecule has 0 aromatic carbocycles. The molecule has 0 bridgehead atoms. The summed E-state index contributed by atoms with van der Waals surface area (Å²) < 4.78 is 5.69. The van der Waals surface area contributed by atoms with Gasteiger partial charge in [-0.25, -0.2) is 0 Å². The molecule has 3 N–H and O–H groups in total. The number of aliphatic hydroxyl groups excluding tert-OH is 2. The highest BCUT2D eigenvalue weighted by Gasteiger charge is 2.19. The van der Waals surface area contributed by atoms with E-state index in [0.29, 0.717) is 19.3 Å². The van der Waals surface area contributed by atoms with Crippen molar-refractivity contribution in [3.05, 3.63) is 0 Å². The first-order chi connectivity index (χ1) is 9.03. The Bertz CT molecular complexity index is 227. The quantitative estimate of drug-likeness (QED) is 0.567. The highest BCUT2D eigenvalue weighted by molar-refractivity contribution is 4.73. The molecule has 19 heavy (non-hydrogen) atoms. The Labute approximate surface area is 117 Å². The minimum absolute atomic E-state index is 0.161. The molecule has 0 saturated heterocycles. The van der Waals surface area contributed by atoms with Crippen LogP contribution in [0.5, 0.6) is 0 Å². The van der Waals surface area contributed by atoms with Gasteiger partial charge in [0, 0.05) is 19.7 Å². The van der Waals surface area contributed by atoms with Crippen LogP contribution in [0.1, 0.15) is 52.4 Å². The lowest BCUT2D eigenvalue weighted by molar-refractivity contribution is -0.00606. The minimum Gasteiger partial charge on any atom is -0.396 e. The standard InChI is InChI=1S/C15H31NO3/c1-15(2,8-5-9-17)12-16-10-13(18)11-19-14-6-3-4-7-14/h13-14,16-18H,3-12H2,1-2H3. The molecule has 4 heteroatoms. The summed E-state index contributed by atoms with van der Waals surface area (Å²) in [6.07, 6.45) is 6.59. The zero-order valence-electron chi connectivity index (χ0n) is 12.5. The summed E-state index contributed by atoms with van der Waals surface area (Å²) in [6.45, 7) is 6.48. The van der Waals surface area contributed by atoms with Crippen LogP contribution in [-0.2, 0) is 4.74 Å². The third-order valence-corrected chi connectivity index (χ3v) is 3.82. The van der Waals surface area contributed by atoms with Gasteiger partial charge in [0.05, 0.1) is 18.8 Å². The second kappa shape index (κ2) is 8.90. The van der Waals surface area contributed by atoms with Crippen LogP contribution >= 0.6 is 0 Å². The van der Waals surface area contributed by atoms with Gasteiger partial charge in [-0.05, 0) is 31.1 Å². The molecular weight excluding hydrogens is 242 g/mol. The summed E-state index contributed by atoms with van der Waals surface area (Å²) in [5.74, 6) is 0. The van der Waals surface area contributed by atoms with E-state index < -0.39 is 6.10 Å². The molecule has 1 aliphatic carbocycles. The summed E-state index contributed by atoms with van der Waals surface area (Å²) >= 11 is 0. The molecule has 1 aliphatic rings. The van der Waals surface area contributed by atoms with Crippen molar-refractivity contribution in [2.75, 3.05) is 26.3 Å². The normalized spacial score (nSPS) is 18.9. The van der Waals surface area contributed by atoms with Crippen LogP contribution in [0.25, 0.3) is 0 Å². The van der Waals surface area contributed by atoms with Crippen LogP contribution in [0.3, 0.4) is 0 Å². The number of ether oxygens (including phenoxy) is 1. The van der Waals surface area contributed by atoms with E-state index in [1.165, 1.54) is 12.8 Å². The number of hydrogen-bond donors (Lipinski definition) is 3. The van der Waals surface area contributed by atoms with Crippen molar-refractivity contribution in [2.24, 2.45) is 5.41 Å². The molecule has 0 aromatic rings. The molecule has 1 fully saturated rings. The van der Waals surface area contributed by atoms with Crippen molar-refractivity contribution in [1.29, 1.82) is 0 Å². The molecule has 0 aliphatic heterocycles. The Hall–Kier alpha value is -0.160. The summed E-state index contributed by atoms with van der Waals surface area (Å²) in [7, 11) is 0. The topological polar surface area (TPSA) is 61.7 Å². The van der Waals surface area contributed by atoms with Gasteiger partial charge < -0.3 is 20.3 Å². The smallest absolute Gasteiger partial charge is 0.0897 e. The van der Waals surface area contributed by atoms with Crippen molar-refractivity contribution < 1.29 is 14.9 Å². The molecule has 114 valence electrons. The number of aliphatic hydroxyl groups is 2. The molecule has 1 unspecified atom stereocenters. The SMILES string of the molecule is CC(C)(CCCO)CNCC(O)COC1CCCC1. The average molecular weight is 273 g/mol. The zero-order valence-corrected chi connectivity index (χ0v) is 12.5. The van der Waals surface area contributed by atoms with Gasteiger partial charge in [0.2, 0.25) is 0 Å². The van der Waals surface area contributed by atoms with E-state index >= 15 is 0 Å². The average Bonchev–Trinajstić information content (AvgIpc) is 2.87. The Morgan fingerprint density at radius 1 is 1.32 bits per heavy atom. The van der Waals surface area contributed by atoms with Gasteiger partial charge in [0.1, 0.15) is 0 Å². The van der Waals surface area contributed by atoms with Gasteiger partial charge in [-0.3, -0.25) is 0 Å². The first-order valence-corrected chi connectivity index (χ1v) is 7.65. The molecule has 1 atom stereocenters. The zero-order chi connectivity index (χ0) is 14.1. The molecule has 0 spiro atoms. The largest absolute Gasteiger partial charge is 0.396 e. The van der Waals surface area contributed by atoms with E-state index in [1.54, 1.807) is 0 Å². The predicted octanol–water partition coefficient (Wildman–Crippen LogP) is 1.69. The Morgan fingerprint density at radius 3 is 2.63 bits per heavy atom. The van der Waals surface area contributed by atoms with E-state index in [-0.39, 0.29) is 12.0 Å². The van der Waals surface area contributed by atoms with Crippen LogP contribution in [0, 0.1) is 5.41 Å². The maximum Gasteiger partial charge on any atom is 0.0897 e. The fourth-order valence-electron chi connectivity index (χ4n) is 2.58. The first kappa shape index (κ1) is 16.9. The molecule has 0 radical (unpaired) electrons. The highest BCUT2D eigenvalue weighted by Crippen LogP contribution is 2.21. The third-order valence-electron chi connectivity index (χ3n) is 3.82. The number of nitrogens with one attached hydrogen (secondary N) is 1. The van der Waals surface area contributed by atoms with Crippen molar-refractivity contribution >= 4 is 0 Å². The third kappa shape index (κ3) is 7.88. The molecule has 4 nitrogen and oxygen atoms in total. The van der Waals surface area contributed by atoms with Gasteiger partial charge >= 0.3 is 0 Å². The number of hydrogen-bond acceptors (Lipinski definition) is 4. The van der Waals surface area contributed by atoms with Crippen molar-refractivity contribution in [1.82, 2.24) is 5.32 Å². The van der Waals surface area contributed by atoms with Crippen LogP contribution in [0.4, 0.5) is 0 Å². The Kier molecular flexibility index (Phi) is 7.91. The fraction of sp³-hybridized carbons (Fsp3) is 1.00. The van der Waals surface area contributed by atoms with Gasteiger partial charge in [-0.15, -0.1) is 0 Å². The van der Waals surface area contributed by atoms with E-state index in [1.807, 2.05) is 0 Å². The van der Waals surface area contributed by atoms with Crippen LogP contribution in [-0.4, -0.2) is 48.7 Å². The lowest BCUT2D eigenvalue weighted by Gasteiger charge is -2.25. The molecule has 0 heterocycles. The number of rotatable bonds is 10. The van der Waals surface area contributed by atoms with Gasteiger partial charge in [0.25, 0.3) is 0 Å². The van der Waals surface area contributed by atoms with Gasteiger partial charge in [0.15, 0.2) is 0 Å². The lowest BCUT2D eigenvalue weighted by atomic mass is 9.88. The van der Waals surface area contributed by atoms with E-state index in [4.69, 9.17) is 9.84 Å². The second-order valence-corrected chi connectivity index (χ2v) is 6.52. The maximum absolute atomic E-state index is 9.85. The van der Waals surface area contributed by atoms with Crippen LogP contribution < -0.4 is 5.32 Å². The fourth-order valence-corrected chi connectivity index (χ4v) is 2.58. The summed E-state index contributed by atoms with van der Waals surface area (Å²) in [5, 5.41) is 22.0. The predicted molar refractivity (Wildman–Crippen MR) is 77.2 cm³/mol. The van der Waals surface area contributed by atoms with E-state index in [9.17, 15) is 5.11 Å². The van der Waals surface area contributed by atoms with Gasteiger partial charge in [-0.2, -0.15) is 0 Å². The molecule has 0 amide bonds. The van der Waals surface area contributed by atoms with Crippen LogP contribution in [0.15, 0.2) is 0 Å². The first-order valence-electron chi connectivity index (χ1n) is 7.65. The second-order valence-electron chi connectivity index (χ2n) is 6.52. The monoisotopic (exact) mass is 273 g/mol.